The largest absolute Gasteiger partial charge is 0.489 e. The number of hydrogen-bond acceptors (Lipinski definition) is 6. The average Bonchev–Trinajstić information content (AvgIpc) is 2.41. The zero-order valence-corrected chi connectivity index (χ0v) is 12.5. The van der Waals surface area contributed by atoms with E-state index in [9.17, 15) is 19.7 Å². The second-order valence-electron chi connectivity index (χ2n) is 4.00. The zero-order valence-electron chi connectivity index (χ0n) is 11.8. The molecule has 0 unspecified atom stereocenters. The molecule has 114 valence electrons. The van der Waals surface area contributed by atoms with Crippen LogP contribution in [0.25, 0.3) is 0 Å². The molecule has 0 radical (unpaired) electrons. The molecule has 0 aromatic heterocycles. The predicted octanol–water partition coefficient (Wildman–Crippen LogP) is 2.31. The minimum absolute atomic E-state index is 0.127. The number of esters is 1. The highest BCUT2D eigenvalue weighted by Crippen LogP contribution is 2.45. The van der Waals surface area contributed by atoms with E-state index in [-0.39, 0.29) is 27.6 Å². The van der Waals surface area contributed by atoms with Crippen LogP contribution in [0.15, 0.2) is 0 Å². The molecule has 21 heavy (non-hydrogen) atoms. The van der Waals surface area contributed by atoms with Crippen molar-refractivity contribution in [1.29, 1.82) is 0 Å². The Morgan fingerprint density at radius 1 is 1.33 bits per heavy atom. The van der Waals surface area contributed by atoms with Crippen molar-refractivity contribution in [1.82, 2.24) is 0 Å². The van der Waals surface area contributed by atoms with Crippen molar-refractivity contribution < 1.29 is 24.0 Å². The fourth-order valence-electron chi connectivity index (χ4n) is 1.81. The highest BCUT2D eigenvalue weighted by Gasteiger charge is 2.33. The maximum atomic E-state index is 11.8. The number of ether oxygens (including phenoxy) is 2. The van der Waals surface area contributed by atoms with Gasteiger partial charge in [0.25, 0.3) is 0 Å². The molecule has 1 N–H and O–H groups in total. The first-order valence-electron chi connectivity index (χ1n) is 5.66. The van der Waals surface area contributed by atoms with Crippen LogP contribution < -0.4 is 10.1 Å². The Bertz CT molecular complexity index is 629. The maximum absolute atomic E-state index is 11.8. The summed E-state index contributed by atoms with van der Waals surface area (Å²) < 4.78 is 9.55. The van der Waals surface area contributed by atoms with E-state index < -0.39 is 22.5 Å². The number of rotatable bonds is 4. The molecule has 0 heterocycles. The topological polar surface area (TPSA) is 108 Å². The van der Waals surface area contributed by atoms with Crippen molar-refractivity contribution in [3.8, 4) is 5.75 Å². The van der Waals surface area contributed by atoms with Crippen molar-refractivity contribution in [2.24, 2.45) is 0 Å². The second kappa shape index (κ2) is 6.40. The fraction of sp³-hybridized carbons (Fsp3) is 0.333. The van der Waals surface area contributed by atoms with Crippen molar-refractivity contribution in [2.75, 3.05) is 19.5 Å². The van der Waals surface area contributed by atoms with E-state index in [2.05, 4.69) is 10.1 Å². The summed E-state index contributed by atoms with van der Waals surface area (Å²) in [5.74, 6) is -1.70. The number of nitrogens with one attached hydrogen (secondary N) is 1. The SMILES string of the molecule is COC(=O)c1c(C)c(Cl)c(NC(C)=O)c([N+](=O)[O-])c1OC. The summed E-state index contributed by atoms with van der Waals surface area (Å²) in [5.41, 5.74) is -0.791. The van der Waals surface area contributed by atoms with Crippen molar-refractivity contribution >= 4 is 34.9 Å². The molecular formula is C12H13ClN2O6. The van der Waals surface area contributed by atoms with Gasteiger partial charge < -0.3 is 14.8 Å². The molecule has 1 rings (SSSR count). The standard InChI is InChI=1S/C12H13ClN2O6/c1-5-7(12(17)21-4)11(20-3)10(15(18)19)9(8(5)13)14-6(2)16/h1-4H3,(H,14,16). The number of methoxy groups -OCH3 is 2. The lowest BCUT2D eigenvalue weighted by molar-refractivity contribution is -0.384. The van der Waals surface area contributed by atoms with Crippen LogP contribution in [0.2, 0.25) is 5.02 Å². The zero-order chi connectivity index (χ0) is 16.3. The van der Waals surface area contributed by atoms with Crippen LogP contribution in [0, 0.1) is 17.0 Å². The minimum atomic E-state index is -0.830. The smallest absolute Gasteiger partial charge is 0.342 e. The van der Waals surface area contributed by atoms with Crippen LogP contribution in [-0.2, 0) is 9.53 Å². The van der Waals surface area contributed by atoms with Crippen molar-refractivity contribution in [3.05, 3.63) is 26.3 Å². The van der Waals surface area contributed by atoms with Crippen LogP contribution >= 0.6 is 11.6 Å². The molecule has 0 aliphatic heterocycles. The van der Waals surface area contributed by atoms with E-state index in [1.54, 1.807) is 0 Å². The van der Waals surface area contributed by atoms with Gasteiger partial charge in [-0.15, -0.1) is 0 Å². The maximum Gasteiger partial charge on any atom is 0.342 e. The Hall–Kier alpha value is -2.35. The second-order valence-corrected chi connectivity index (χ2v) is 4.38. The summed E-state index contributed by atoms with van der Waals surface area (Å²) in [5, 5.41) is 13.4. The van der Waals surface area contributed by atoms with Crippen LogP contribution in [0.1, 0.15) is 22.8 Å². The number of anilines is 1. The van der Waals surface area contributed by atoms with Gasteiger partial charge in [-0.1, -0.05) is 11.6 Å². The van der Waals surface area contributed by atoms with E-state index in [1.165, 1.54) is 21.0 Å². The fourth-order valence-corrected chi connectivity index (χ4v) is 2.05. The third kappa shape index (κ3) is 3.05. The van der Waals surface area contributed by atoms with E-state index in [4.69, 9.17) is 16.3 Å². The van der Waals surface area contributed by atoms with Gasteiger partial charge in [-0.05, 0) is 12.5 Å². The normalized spacial score (nSPS) is 9.95. The summed E-state index contributed by atoms with van der Waals surface area (Å²) in [6, 6.07) is 0. The molecule has 0 spiro atoms. The number of halogens is 1. The summed E-state index contributed by atoms with van der Waals surface area (Å²) >= 11 is 6.04. The van der Waals surface area contributed by atoms with Crippen LogP contribution in [0.3, 0.4) is 0 Å². The van der Waals surface area contributed by atoms with Crippen molar-refractivity contribution in [3.63, 3.8) is 0 Å². The van der Waals surface area contributed by atoms with Gasteiger partial charge in [0, 0.05) is 6.92 Å². The molecule has 1 aromatic carbocycles. The molecule has 8 nitrogen and oxygen atoms in total. The van der Waals surface area contributed by atoms with Gasteiger partial charge in [0.15, 0.2) is 0 Å². The van der Waals surface area contributed by atoms with Gasteiger partial charge >= 0.3 is 11.7 Å². The molecular weight excluding hydrogens is 304 g/mol. The number of nitrogens with zero attached hydrogens (tertiary/aromatic N) is 1. The number of hydrogen-bond donors (Lipinski definition) is 1. The molecule has 0 atom stereocenters. The Morgan fingerprint density at radius 3 is 2.29 bits per heavy atom. The van der Waals surface area contributed by atoms with E-state index in [1.807, 2.05) is 0 Å². The minimum Gasteiger partial charge on any atom is -0.489 e. The molecule has 0 saturated carbocycles. The highest BCUT2D eigenvalue weighted by atomic mass is 35.5. The van der Waals surface area contributed by atoms with E-state index >= 15 is 0 Å². The third-order valence-corrected chi connectivity index (χ3v) is 3.15. The number of amides is 1. The molecule has 1 aromatic rings. The number of carbonyl (C=O) groups is 2. The quantitative estimate of drug-likeness (QED) is 0.519. The number of carbonyl (C=O) groups excluding carboxylic acids is 2. The predicted molar refractivity (Wildman–Crippen MR) is 75.0 cm³/mol. The average molecular weight is 317 g/mol. The van der Waals surface area contributed by atoms with Gasteiger partial charge in [0.05, 0.1) is 24.2 Å². The lowest BCUT2D eigenvalue weighted by Crippen LogP contribution is -2.14. The molecule has 0 fully saturated rings. The highest BCUT2D eigenvalue weighted by molar-refractivity contribution is 6.36. The van der Waals surface area contributed by atoms with Crippen LogP contribution in [0.5, 0.6) is 5.75 Å². The monoisotopic (exact) mass is 316 g/mol. The van der Waals surface area contributed by atoms with Gasteiger partial charge in [-0.2, -0.15) is 0 Å². The Labute approximate surface area is 125 Å². The summed E-state index contributed by atoms with van der Waals surface area (Å²) in [6.07, 6.45) is 0. The van der Waals surface area contributed by atoms with Gasteiger partial charge in [0.1, 0.15) is 11.3 Å². The number of nitro groups is 1. The Morgan fingerprint density at radius 2 is 1.90 bits per heavy atom. The molecule has 0 aliphatic carbocycles. The van der Waals surface area contributed by atoms with Gasteiger partial charge in [-0.25, -0.2) is 4.79 Å². The molecule has 0 bridgehead atoms. The molecule has 0 aliphatic rings. The first-order chi connectivity index (χ1) is 9.76. The Balaban J connectivity index is 3.85. The van der Waals surface area contributed by atoms with Gasteiger partial charge in [-0.3, -0.25) is 14.9 Å². The molecule has 0 saturated heterocycles. The lowest BCUT2D eigenvalue weighted by Gasteiger charge is -2.15. The van der Waals surface area contributed by atoms with Crippen LogP contribution in [-0.4, -0.2) is 31.0 Å². The first kappa shape index (κ1) is 16.7. The van der Waals surface area contributed by atoms with Crippen molar-refractivity contribution in [2.45, 2.75) is 13.8 Å². The summed E-state index contributed by atoms with van der Waals surface area (Å²) in [7, 11) is 2.29. The molecule has 9 heteroatoms. The van der Waals surface area contributed by atoms with E-state index in [0.717, 1.165) is 7.11 Å². The summed E-state index contributed by atoms with van der Waals surface area (Å²) in [4.78, 5) is 33.5. The van der Waals surface area contributed by atoms with Crippen LogP contribution in [0.4, 0.5) is 11.4 Å². The first-order valence-corrected chi connectivity index (χ1v) is 6.04. The van der Waals surface area contributed by atoms with E-state index in [0.29, 0.717) is 0 Å². The van der Waals surface area contributed by atoms with Gasteiger partial charge in [0.2, 0.25) is 11.7 Å². The molecule has 1 amide bonds. The third-order valence-electron chi connectivity index (χ3n) is 2.68. The summed E-state index contributed by atoms with van der Waals surface area (Å²) in [6.45, 7) is 2.64. The Kier molecular flexibility index (Phi) is 5.09. The lowest BCUT2D eigenvalue weighted by atomic mass is 10.0. The number of nitro benzene ring substituents is 1. The number of benzene rings is 1.